The predicted molar refractivity (Wildman–Crippen MR) is 79.0 cm³/mol. The van der Waals surface area contributed by atoms with Crippen molar-refractivity contribution in [1.82, 2.24) is 9.55 Å². The lowest BCUT2D eigenvalue weighted by Crippen LogP contribution is -2.20. The smallest absolute Gasteiger partial charge is 0.292 e. The lowest BCUT2D eigenvalue weighted by atomic mass is 10.1. The van der Waals surface area contributed by atoms with E-state index in [0.717, 1.165) is 5.82 Å². The lowest BCUT2D eigenvalue weighted by Gasteiger charge is -2.19. The third-order valence-electron chi connectivity index (χ3n) is 3.39. The number of hydrogen-bond donors (Lipinski definition) is 1. The molecule has 0 bridgehead atoms. The van der Waals surface area contributed by atoms with E-state index >= 15 is 0 Å². The number of benzene rings is 1. The molecule has 0 saturated carbocycles. The summed E-state index contributed by atoms with van der Waals surface area (Å²) in [5, 5.41) is 20.8. The van der Waals surface area contributed by atoms with Crippen LogP contribution in [-0.4, -0.2) is 26.6 Å². The fraction of sp³-hybridized carbons (Fsp3) is 0.357. The van der Waals surface area contributed by atoms with E-state index in [2.05, 4.69) is 4.98 Å². The van der Waals surface area contributed by atoms with Crippen LogP contribution < -0.4 is 4.90 Å². The van der Waals surface area contributed by atoms with Crippen molar-refractivity contribution in [3.05, 3.63) is 52.1 Å². The van der Waals surface area contributed by atoms with E-state index in [9.17, 15) is 15.2 Å². The fourth-order valence-electron chi connectivity index (χ4n) is 2.12. The zero-order chi connectivity index (χ0) is 15.6. The van der Waals surface area contributed by atoms with Crippen LogP contribution in [0.5, 0.6) is 0 Å². The second-order valence-electron chi connectivity index (χ2n) is 4.99. The van der Waals surface area contributed by atoms with Gasteiger partial charge in [0.2, 0.25) is 0 Å². The maximum absolute atomic E-state index is 11.2. The van der Waals surface area contributed by atoms with Crippen molar-refractivity contribution in [3.63, 3.8) is 0 Å². The summed E-state index contributed by atoms with van der Waals surface area (Å²) in [6.07, 6.45) is 2.78. The molecule has 1 aromatic heterocycles. The van der Waals surface area contributed by atoms with Gasteiger partial charge in [-0.15, -0.1) is 0 Å². The minimum Gasteiger partial charge on any atom is -0.389 e. The quantitative estimate of drug-likeness (QED) is 0.672. The van der Waals surface area contributed by atoms with Gasteiger partial charge >= 0.3 is 0 Å². The normalized spacial score (nSPS) is 12.2. The van der Waals surface area contributed by atoms with Gasteiger partial charge in [0.1, 0.15) is 11.5 Å². The standard InChI is InChI=1S/C14H18N4O3/c1-10(19)11-4-5-12(13(8-11)18(20)21)17(3)9-14-15-6-7-16(14)2/h4-8,10,19H,9H2,1-3H3/t10-/m1/s1. The topological polar surface area (TPSA) is 84.4 Å². The van der Waals surface area contributed by atoms with E-state index in [4.69, 9.17) is 0 Å². The molecule has 112 valence electrons. The van der Waals surface area contributed by atoms with Crippen LogP contribution >= 0.6 is 0 Å². The van der Waals surface area contributed by atoms with Crippen molar-refractivity contribution in [3.8, 4) is 0 Å². The number of aryl methyl sites for hydroxylation is 1. The molecule has 1 atom stereocenters. The highest BCUT2D eigenvalue weighted by molar-refractivity contribution is 5.64. The average Bonchev–Trinajstić information content (AvgIpc) is 2.83. The number of nitro benzene ring substituents is 1. The molecule has 0 radical (unpaired) electrons. The Morgan fingerprint density at radius 3 is 2.76 bits per heavy atom. The summed E-state index contributed by atoms with van der Waals surface area (Å²) in [5.74, 6) is 0.811. The van der Waals surface area contributed by atoms with Crippen LogP contribution in [-0.2, 0) is 13.6 Å². The molecule has 7 heteroatoms. The first kappa shape index (κ1) is 15.0. The van der Waals surface area contributed by atoms with Crippen molar-refractivity contribution >= 4 is 11.4 Å². The number of nitrogens with zero attached hydrogens (tertiary/aromatic N) is 4. The summed E-state index contributed by atoms with van der Waals surface area (Å²) in [6.45, 7) is 2.04. The maximum Gasteiger partial charge on any atom is 0.292 e. The molecule has 0 aliphatic carbocycles. The van der Waals surface area contributed by atoms with Crippen molar-refractivity contribution in [1.29, 1.82) is 0 Å². The van der Waals surface area contributed by atoms with Crippen LogP contribution in [0.2, 0.25) is 0 Å². The van der Waals surface area contributed by atoms with Gasteiger partial charge in [0.25, 0.3) is 5.69 Å². The fourth-order valence-corrected chi connectivity index (χ4v) is 2.12. The van der Waals surface area contributed by atoms with Gasteiger partial charge in [0.15, 0.2) is 0 Å². The first-order valence-electron chi connectivity index (χ1n) is 6.54. The van der Waals surface area contributed by atoms with Gasteiger partial charge in [0.05, 0.1) is 17.6 Å². The Balaban J connectivity index is 2.34. The molecule has 0 saturated heterocycles. The second-order valence-corrected chi connectivity index (χ2v) is 4.99. The maximum atomic E-state index is 11.2. The second kappa shape index (κ2) is 5.92. The molecular formula is C14H18N4O3. The molecule has 0 spiro atoms. The monoisotopic (exact) mass is 290 g/mol. The summed E-state index contributed by atoms with van der Waals surface area (Å²) in [7, 11) is 3.65. The Morgan fingerprint density at radius 1 is 1.52 bits per heavy atom. The highest BCUT2D eigenvalue weighted by Gasteiger charge is 2.20. The van der Waals surface area contributed by atoms with Crippen molar-refractivity contribution < 1.29 is 10.0 Å². The Kier molecular flexibility index (Phi) is 4.23. The minimum absolute atomic E-state index is 0.0230. The van der Waals surface area contributed by atoms with Gasteiger partial charge in [-0.25, -0.2) is 4.98 Å². The van der Waals surface area contributed by atoms with Crippen LogP contribution in [0.15, 0.2) is 30.6 Å². The summed E-state index contributed by atoms with van der Waals surface area (Å²) < 4.78 is 1.87. The van der Waals surface area contributed by atoms with Crippen LogP contribution in [0, 0.1) is 10.1 Å². The SMILES string of the molecule is C[C@@H](O)c1ccc(N(C)Cc2nccn2C)c([N+](=O)[O-])c1. The van der Waals surface area contributed by atoms with Gasteiger partial charge in [-0.1, -0.05) is 6.07 Å². The molecule has 0 aliphatic rings. The molecule has 1 heterocycles. The highest BCUT2D eigenvalue weighted by atomic mass is 16.6. The van der Waals surface area contributed by atoms with Gasteiger partial charge in [-0.05, 0) is 18.6 Å². The number of aromatic nitrogens is 2. The molecule has 7 nitrogen and oxygen atoms in total. The molecule has 0 unspecified atom stereocenters. The van der Waals surface area contributed by atoms with Crippen molar-refractivity contribution in [2.75, 3.05) is 11.9 Å². The summed E-state index contributed by atoms with van der Waals surface area (Å²) in [5.41, 5.74) is 0.994. The molecule has 1 N–H and O–H groups in total. The van der Waals surface area contributed by atoms with Crippen molar-refractivity contribution in [2.24, 2.45) is 7.05 Å². The average molecular weight is 290 g/mol. The van der Waals surface area contributed by atoms with Gasteiger partial charge in [0, 0.05) is 32.6 Å². The molecule has 2 aromatic rings. The number of rotatable bonds is 5. The minimum atomic E-state index is -0.738. The molecule has 0 fully saturated rings. The molecule has 21 heavy (non-hydrogen) atoms. The number of aliphatic hydroxyl groups is 1. The molecular weight excluding hydrogens is 272 g/mol. The summed E-state index contributed by atoms with van der Waals surface area (Å²) in [4.78, 5) is 16.8. The van der Waals surface area contributed by atoms with Crippen LogP contribution in [0.25, 0.3) is 0 Å². The Labute approximate surface area is 122 Å². The zero-order valence-electron chi connectivity index (χ0n) is 12.2. The third-order valence-corrected chi connectivity index (χ3v) is 3.39. The Hall–Kier alpha value is -2.41. The number of aliphatic hydroxyl groups excluding tert-OH is 1. The van der Waals surface area contributed by atoms with Gasteiger partial charge < -0.3 is 14.6 Å². The molecule has 0 amide bonds. The Bertz CT molecular complexity index is 651. The molecule has 2 rings (SSSR count). The number of hydrogen-bond acceptors (Lipinski definition) is 5. The van der Waals surface area contributed by atoms with E-state index < -0.39 is 11.0 Å². The van der Waals surface area contributed by atoms with E-state index in [1.807, 2.05) is 17.8 Å². The van der Waals surface area contributed by atoms with Crippen molar-refractivity contribution in [2.45, 2.75) is 19.6 Å². The first-order valence-corrected chi connectivity index (χ1v) is 6.54. The third kappa shape index (κ3) is 3.19. The van der Waals surface area contributed by atoms with Crippen LogP contribution in [0.3, 0.4) is 0 Å². The van der Waals surface area contributed by atoms with E-state index in [1.165, 1.54) is 6.07 Å². The number of nitro groups is 1. The van der Waals surface area contributed by atoms with Crippen LogP contribution in [0.1, 0.15) is 24.4 Å². The Morgan fingerprint density at radius 2 is 2.24 bits per heavy atom. The first-order chi connectivity index (χ1) is 9.90. The van der Waals surface area contributed by atoms with Gasteiger partial charge in [-0.3, -0.25) is 10.1 Å². The molecule has 1 aromatic carbocycles. The van der Waals surface area contributed by atoms with E-state index in [0.29, 0.717) is 17.8 Å². The van der Waals surface area contributed by atoms with E-state index in [-0.39, 0.29) is 5.69 Å². The largest absolute Gasteiger partial charge is 0.389 e. The summed E-state index contributed by atoms with van der Waals surface area (Å²) in [6, 6.07) is 4.76. The van der Waals surface area contributed by atoms with Gasteiger partial charge in [-0.2, -0.15) is 0 Å². The van der Waals surface area contributed by atoms with E-state index in [1.54, 1.807) is 37.2 Å². The lowest BCUT2D eigenvalue weighted by molar-refractivity contribution is -0.384. The molecule has 0 aliphatic heterocycles. The highest BCUT2D eigenvalue weighted by Crippen LogP contribution is 2.31. The number of imidazole rings is 1. The van der Waals surface area contributed by atoms with Crippen LogP contribution in [0.4, 0.5) is 11.4 Å². The summed E-state index contributed by atoms with van der Waals surface area (Å²) >= 11 is 0. The number of anilines is 1. The zero-order valence-corrected chi connectivity index (χ0v) is 12.2. The predicted octanol–water partition coefficient (Wildman–Crippen LogP) is 2.02.